The molecule has 1 heterocycles. The number of H-pyrrole nitrogens is 1. The van der Waals surface area contributed by atoms with Crippen molar-refractivity contribution in [1.82, 2.24) is 4.98 Å². The number of aryl methyl sites for hydroxylation is 1. The number of aromatic amines is 1. The predicted octanol–water partition coefficient (Wildman–Crippen LogP) is 3.86. The highest BCUT2D eigenvalue weighted by atomic mass is 32.2. The van der Waals surface area contributed by atoms with E-state index in [1.165, 1.54) is 21.5 Å². The molecule has 0 aliphatic heterocycles. The quantitative estimate of drug-likeness (QED) is 0.844. The van der Waals surface area contributed by atoms with Crippen LogP contribution in [-0.4, -0.2) is 21.3 Å². The molecule has 1 atom stereocenters. The Labute approximate surface area is 122 Å². The molecule has 0 spiro atoms. The third-order valence-electron chi connectivity index (χ3n) is 3.88. The number of aliphatic carboxylic acids is 1. The second-order valence-corrected chi connectivity index (χ2v) is 7.38. The van der Waals surface area contributed by atoms with E-state index in [4.69, 9.17) is 0 Å². The second kappa shape index (κ2) is 5.17. The number of rotatable bonds is 3. The molecule has 3 nitrogen and oxygen atoms in total. The summed E-state index contributed by atoms with van der Waals surface area (Å²) in [6.45, 7) is 4.36. The highest BCUT2D eigenvalue weighted by Crippen LogP contribution is 2.34. The lowest BCUT2D eigenvalue weighted by Crippen LogP contribution is -2.21. The SMILES string of the molecule is CC(C)Sc1ccc2[nH]c3c(c2c1)CC(C(=O)O)CC3. The van der Waals surface area contributed by atoms with Crippen molar-refractivity contribution in [3.05, 3.63) is 29.5 Å². The lowest BCUT2D eigenvalue weighted by Gasteiger charge is -2.18. The zero-order chi connectivity index (χ0) is 14.3. The number of carboxylic acid groups (broad SMARTS) is 1. The van der Waals surface area contributed by atoms with Gasteiger partial charge in [-0.1, -0.05) is 13.8 Å². The summed E-state index contributed by atoms with van der Waals surface area (Å²) in [5, 5.41) is 11.0. The number of fused-ring (bicyclic) bond motifs is 3. The van der Waals surface area contributed by atoms with Crippen molar-refractivity contribution in [2.45, 2.75) is 43.3 Å². The molecule has 1 unspecified atom stereocenters. The summed E-state index contributed by atoms with van der Waals surface area (Å²) >= 11 is 1.84. The highest BCUT2D eigenvalue weighted by molar-refractivity contribution is 7.99. The minimum absolute atomic E-state index is 0.233. The van der Waals surface area contributed by atoms with Crippen LogP contribution in [0.5, 0.6) is 0 Å². The van der Waals surface area contributed by atoms with E-state index in [0.717, 1.165) is 18.4 Å². The van der Waals surface area contributed by atoms with Gasteiger partial charge in [-0.2, -0.15) is 0 Å². The van der Waals surface area contributed by atoms with E-state index in [1.54, 1.807) is 0 Å². The van der Waals surface area contributed by atoms with Crippen molar-refractivity contribution < 1.29 is 9.90 Å². The molecule has 1 aliphatic rings. The number of nitrogens with one attached hydrogen (secondary N) is 1. The van der Waals surface area contributed by atoms with E-state index in [-0.39, 0.29) is 5.92 Å². The Balaban J connectivity index is 2.02. The van der Waals surface area contributed by atoms with Gasteiger partial charge in [-0.25, -0.2) is 0 Å². The molecule has 1 aromatic carbocycles. The average molecular weight is 289 g/mol. The van der Waals surface area contributed by atoms with Crippen LogP contribution in [0, 0.1) is 5.92 Å². The number of thioether (sulfide) groups is 1. The second-order valence-electron chi connectivity index (χ2n) is 5.73. The molecule has 2 aromatic rings. The summed E-state index contributed by atoms with van der Waals surface area (Å²) in [7, 11) is 0. The number of hydrogen-bond acceptors (Lipinski definition) is 2. The normalized spacial score (nSPS) is 18.4. The monoisotopic (exact) mass is 289 g/mol. The molecule has 3 rings (SSSR count). The van der Waals surface area contributed by atoms with Crippen LogP contribution < -0.4 is 0 Å². The molecule has 0 saturated carbocycles. The van der Waals surface area contributed by atoms with Gasteiger partial charge < -0.3 is 10.1 Å². The van der Waals surface area contributed by atoms with E-state index in [1.807, 2.05) is 11.8 Å². The molecular weight excluding hydrogens is 270 g/mol. The maximum Gasteiger partial charge on any atom is 0.306 e. The predicted molar refractivity (Wildman–Crippen MR) is 82.4 cm³/mol. The molecule has 0 radical (unpaired) electrons. The average Bonchev–Trinajstić information content (AvgIpc) is 2.75. The molecule has 20 heavy (non-hydrogen) atoms. The van der Waals surface area contributed by atoms with E-state index in [2.05, 4.69) is 37.0 Å². The van der Waals surface area contributed by atoms with Crippen molar-refractivity contribution in [1.29, 1.82) is 0 Å². The molecule has 1 aromatic heterocycles. The summed E-state index contributed by atoms with van der Waals surface area (Å²) in [5.41, 5.74) is 3.57. The van der Waals surface area contributed by atoms with Crippen molar-refractivity contribution in [2.24, 2.45) is 5.92 Å². The van der Waals surface area contributed by atoms with Crippen LogP contribution in [0.2, 0.25) is 0 Å². The minimum atomic E-state index is -0.669. The van der Waals surface area contributed by atoms with Gasteiger partial charge in [0.2, 0.25) is 0 Å². The van der Waals surface area contributed by atoms with Crippen LogP contribution in [0.15, 0.2) is 23.1 Å². The fourth-order valence-electron chi connectivity index (χ4n) is 2.95. The van der Waals surface area contributed by atoms with Crippen molar-refractivity contribution >= 4 is 28.6 Å². The molecule has 2 N–H and O–H groups in total. The lowest BCUT2D eigenvalue weighted by molar-refractivity contribution is -0.142. The number of benzene rings is 1. The Hall–Kier alpha value is -1.42. The number of hydrogen-bond donors (Lipinski definition) is 2. The smallest absolute Gasteiger partial charge is 0.306 e. The van der Waals surface area contributed by atoms with Gasteiger partial charge in [-0.05, 0) is 43.0 Å². The van der Waals surface area contributed by atoms with Gasteiger partial charge in [0.1, 0.15) is 0 Å². The number of aromatic nitrogens is 1. The zero-order valence-corrected chi connectivity index (χ0v) is 12.6. The van der Waals surface area contributed by atoms with Gasteiger partial charge in [0, 0.05) is 26.7 Å². The fraction of sp³-hybridized carbons (Fsp3) is 0.438. The summed E-state index contributed by atoms with van der Waals surface area (Å²) in [5.74, 6) is -0.902. The topological polar surface area (TPSA) is 53.1 Å². The Morgan fingerprint density at radius 3 is 2.95 bits per heavy atom. The summed E-state index contributed by atoms with van der Waals surface area (Å²) in [6.07, 6.45) is 2.23. The van der Waals surface area contributed by atoms with Crippen molar-refractivity contribution in [2.75, 3.05) is 0 Å². The fourth-order valence-corrected chi connectivity index (χ4v) is 3.83. The van der Waals surface area contributed by atoms with Gasteiger partial charge >= 0.3 is 5.97 Å². The Kier molecular flexibility index (Phi) is 3.50. The largest absolute Gasteiger partial charge is 0.481 e. The van der Waals surface area contributed by atoms with Gasteiger partial charge in [0.25, 0.3) is 0 Å². The highest BCUT2D eigenvalue weighted by Gasteiger charge is 2.27. The van der Waals surface area contributed by atoms with E-state index >= 15 is 0 Å². The first-order valence-electron chi connectivity index (χ1n) is 7.07. The first-order chi connectivity index (χ1) is 9.54. The molecule has 4 heteroatoms. The van der Waals surface area contributed by atoms with E-state index in [0.29, 0.717) is 11.7 Å². The molecule has 0 amide bonds. The van der Waals surface area contributed by atoms with E-state index in [9.17, 15) is 9.90 Å². The maximum atomic E-state index is 11.2. The van der Waals surface area contributed by atoms with Crippen LogP contribution in [0.4, 0.5) is 0 Å². The molecular formula is C16H19NO2S. The first kappa shape index (κ1) is 13.6. The van der Waals surface area contributed by atoms with Crippen LogP contribution in [-0.2, 0) is 17.6 Å². The number of carbonyl (C=O) groups is 1. The number of carboxylic acids is 1. The Bertz CT molecular complexity index is 660. The maximum absolute atomic E-state index is 11.2. The van der Waals surface area contributed by atoms with Gasteiger partial charge in [0.05, 0.1) is 5.92 Å². The summed E-state index contributed by atoms with van der Waals surface area (Å²) in [4.78, 5) is 15.9. The van der Waals surface area contributed by atoms with E-state index < -0.39 is 5.97 Å². The molecule has 0 fully saturated rings. The molecule has 106 valence electrons. The van der Waals surface area contributed by atoms with Crippen molar-refractivity contribution in [3.8, 4) is 0 Å². The van der Waals surface area contributed by atoms with Crippen LogP contribution >= 0.6 is 11.8 Å². The Morgan fingerprint density at radius 1 is 1.45 bits per heavy atom. The molecule has 0 bridgehead atoms. The van der Waals surface area contributed by atoms with Crippen molar-refractivity contribution in [3.63, 3.8) is 0 Å². The van der Waals surface area contributed by atoms with Crippen LogP contribution in [0.3, 0.4) is 0 Å². The zero-order valence-electron chi connectivity index (χ0n) is 11.8. The lowest BCUT2D eigenvalue weighted by atomic mass is 9.86. The van der Waals surface area contributed by atoms with Gasteiger partial charge in [-0.3, -0.25) is 4.79 Å². The minimum Gasteiger partial charge on any atom is -0.481 e. The molecule has 1 aliphatic carbocycles. The summed E-state index contributed by atoms with van der Waals surface area (Å²) in [6, 6.07) is 6.47. The van der Waals surface area contributed by atoms with Gasteiger partial charge in [0.15, 0.2) is 0 Å². The summed E-state index contributed by atoms with van der Waals surface area (Å²) < 4.78 is 0. The van der Waals surface area contributed by atoms with Crippen LogP contribution in [0.25, 0.3) is 10.9 Å². The Morgan fingerprint density at radius 2 is 2.25 bits per heavy atom. The first-order valence-corrected chi connectivity index (χ1v) is 7.95. The standard InChI is InChI=1S/C16H19NO2S/c1-9(2)20-11-4-6-15-13(8-11)12-7-10(16(18)19)3-5-14(12)17-15/h4,6,8-10,17H,3,5,7H2,1-2H3,(H,18,19). The van der Waals surface area contributed by atoms with Crippen LogP contribution in [0.1, 0.15) is 31.5 Å². The molecule has 0 saturated heterocycles. The third-order valence-corrected chi connectivity index (χ3v) is 4.88. The van der Waals surface area contributed by atoms with Gasteiger partial charge in [-0.15, -0.1) is 11.8 Å². The third kappa shape index (κ3) is 2.44.